The second-order valence-electron chi connectivity index (χ2n) is 8.44. The Bertz CT molecular complexity index is 1420. The lowest BCUT2D eigenvalue weighted by molar-refractivity contribution is -0.113. The Hall–Kier alpha value is -3.71. The van der Waals surface area contributed by atoms with E-state index in [1.165, 1.54) is 5.69 Å². The van der Waals surface area contributed by atoms with E-state index in [1.807, 2.05) is 31.2 Å². The quantitative estimate of drug-likeness (QED) is 0.468. The zero-order valence-corrected chi connectivity index (χ0v) is 17.9. The summed E-state index contributed by atoms with van der Waals surface area (Å²) in [5.74, 6) is 0.703. The minimum atomic E-state index is 0.0747. The van der Waals surface area contributed by atoms with E-state index in [0.29, 0.717) is 17.8 Å². The minimum Gasteiger partial charge on any atom is -0.369 e. The summed E-state index contributed by atoms with van der Waals surface area (Å²) in [6.45, 7) is 5.98. The number of hydrogen-bond donors (Lipinski definition) is 3. The van der Waals surface area contributed by atoms with Crippen LogP contribution in [0.4, 0.5) is 5.69 Å². The Morgan fingerprint density at radius 1 is 1.06 bits per heavy atom. The molecule has 1 fully saturated rings. The fourth-order valence-electron chi connectivity index (χ4n) is 4.65. The summed E-state index contributed by atoms with van der Waals surface area (Å²) in [6, 6.07) is 10.4. The number of Topliss-reactive ketones (excluding diaryl/α,β-unsaturated/α-hetero) is 1. The maximum atomic E-state index is 12.8. The molecule has 3 aromatic heterocycles. The first-order chi connectivity index (χ1) is 15.7. The van der Waals surface area contributed by atoms with E-state index in [4.69, 9.17) is 4.98 Å². The van der Waals surface area contributed by atoms with Crippen molar-refractivity contribution in [2.75, 3.05) is 31.1 Å². The van der Waals surface area contributed by atoms with Crippen LogP contribution in [-0.4, -0.2) is 51.9 Å². The summed E-state index contributed by atoms with van der Waals surface area (Å²) < 4.78 is 0. The number of fused-ring (bicyclic) bond motifs is 2. The summed E-state index contributed by atoms with van der Waals surface area (Å²) in [5.41, 5.74) is 7.64. The molecule has 2 aliphatic rings. The first kappa shape index (κ1) is 19.0. The summed E-state index contributed by atoms with van der Waals surface area (Å²) in [4.78, 5) is 31.1. The van der Waals surface area contributed by atoms with Crippen molar-refractivity contribution < 1.29 is 4.79 Å². The van der Waals surface area contributed by atoms with Gasteiger partial charge in [0.15, 0.2) is 5.78 Å². The average Bonchev–Trinajstić information content (AvgIpc) is 3.41. The van der Waals surface area contributed by atoms with Gasteiger partial charge < -0.3 is 20.2 Å². The Labute approximate surface area is 185 Å². The van der Waals surface area contributed by atoms with E-state index < -0.39 is 0 Å². The predicted octanol–water partition coefficient (Wildman–Crippen LogP) is 3.60. The van der Waals surface area contributed by atoms with Gasteiger partial charge >= 0.3 is 0 Å². The predicted molar refractivity (Wildman–Crippen MR) is 128 cm³/mol. The number of H-pyrrole nitrogens is 2. The van der Waals surface area contributed by atoms with Crippen LogP contribution in [0.25, 0.3) is 33.2 Å². The number of aromatic nitrogens is 4. The second kappa shape index (κ2) is 7.46. The van der Waals surface area contributed by atoms with Crippen LogP contribution < -0.4 is 10.2 Å². The molecule has 1 aromatic carbocycles. The molecule has 0 amide bonds. The van der Waals surface area contributed by atoms with Gasteiger partial charge in [0.1, 0.15) is 11.5 Å². The van der Waals surface area contributed by atoms with E-state index in [0.717, 1.165) is 65.1 Å². The third-order valence-corrected chi connectivity index (χ3v) is 6.29. The molecule has 0 spiro atoms. The highest BCUT2D eigenvalue weighted by Gasteiger charge is 2.21. The van der Waals surface area contributed by atoms with E-state index in [9.17, 15) is 4.79 Å². The molecule has 6 rings (SSSR count). The van der Waals surface area contributed by atoms with E-state index in [-0.39, 0.29) is 5.78 Å². The summed E-state index contributed by atoms with van der Waals surface area (Å²) in [6.07, 6.45) is 6.11. The molecule has 3 N–H and O–H groups in total. The highest BCUT2D eigenvalue weighted by Crippen LogP contribution is 2.32. The zero-order chi connectivity index (χ0) is 21.7. The Balaban J connectivity index is 1.39. The highest BCUT2D eigenvalue weighted by molar-refractivity contribution is 6.24. The zero-order valence-electron chi connectivity index (χ0n) is 17.9. The molecule has 7 heteroatoms. The van der Waals surface area contributed by atoms with Crippen molar-refractivity contribution in [3.8, 4) is 0 Å². The Morgan fingerprint density at radius 3 is 2.81 bits per heavy atom. The van der Waals surface area contributed by atoms with Crippen molar-refractivity contribution in [2.45, 2.75) is 13.3 Å². The van der Waals surface area contributed by atoms with Gasteiger partial charge in [0.2, 0.25) is 0 Å². The maximum absolute atomic E-state index is 12.8. The van der Waals surface area contributed by atoms with Gasteiger partial charge in [-0.2, -0.15) is 0 Å². The van der Waals surface area contributed by atoms with Gasteiger partial charge in [0, 0.05) is 55.6 Å². The third kappa shape index (κ3) is 3.22. The molecular weight excluding hydrogens is 400 g/mol. The molecule has 32 heavy (non-hydrogen) atoms. The standard InChI is InChI=1S/C25H24N6O/c1-15-12-19-18(6-7-27-24(19)28-15)16-2-5-23(32)20(13-16)25-29-21-4-3-17(14-22(21)30-25)31-10-8-26-9-11-31/h2-4,6-7,12-14,26H,5,8-11H2,1H3,(H,27,28)(H,29,30). The third-order valence-electron chi connectivity index (χ3n) is 6.29. The molecule has 0 bridgehead atoms. The van der Waals surface area contributed by atoms with Crippen molar-refractivity contribution in [1.82, 2.24) is 25.3 Å². The summed E-state index contributed by atoms with van der Waals surface area (Å²) in [7, 11) is 0. The molecule has 1 saturated heterocycles. The molecule has 0 radical (unpaired) electrons. The first-order valence-corrected chi connectivity index (χ1v) is 11.0. The van der Waals surface area contributed by atoms with Crippen molar-refractivity contribution in [3.63, 3.8) is 0 Å². The van der Waals surface area contributed by atoms with Crippen molar-refractivity contribution in [3.05, 3.63) is 65.8 Å². The van der Waals surface area contributed by atoms with E-state index in [1.54, 1.807) is 6.20 Å². The van der Waals surface area contributed by atoms with Crippen LogP contribution in [0, 0.1) is 6.92 Å². The van der Waals surface area contributed by atoms with Crippen LogP contribution in [0.2, 0.25) is 0 Å². The van der Waals surface area contributed by atoms with Crippen LogP contribution in [-0.2, 0) is 4.79 Å². The fourth-order valence-corrected chi connectivity index (χ4v) is 4.65. The van der Waals surface area contributed by atoms with Gasteiger partial charge in [-0.3, -0.25) is 4.79 Å². The number of pyridine rings is 1. The Morgan fingerprint density at radius 2 is 1.94 bits per heavy atom. The number of nitrogens with one attached hydrogen (secondary N) is 3. The van der Waals surface area contributed by atoms with Gasteiger partial charge in [-0.05, 0) is 54.5 Å². The average molecular weight is 425 g/mol. The molecule has 0 saturated carbocycles. The molecule has 0 unspecified atom stereocenters. The van der Waals surface area contributed by atoms with Crippen LogP contribution >= 0.6 is 0 Å². The number of benzene rings is 1. The van der Waals surface area contributed by atoms with Crippen LogP contribution in [0.15, 0.2) is 48.7 Å². The molecular formula is C25H24N6O. The molecule has 7 nitrogen and oxygen atoms in total. The number of carbonyl (C=O) groups excluding carboxylic acids is 1. The SMILES string of the molecule is Cc1cc2c(C3=CCC(=O)C(c4nc5ccc(N6CCNCC6)cc5[nH]4)=C3)ccnc2[nH]1. The first-order valence-electron chi connectivity index (χ1n) is 11.0. The number of aryl methyl sites for hydroxylation is 1. The smallest absolute Gasteiger partial charge is 0.170 e. The lowest BCUT2D eigenvalue weighted by atomic mass is 9.92. The lowest BCUT2D eigenvalue weighted by Gasteiger charge is -2.29. The number of hydrogen-bond acceptors (Lipinski definition) is 5. The molecule has 4 aromatic rings. The second-order valence-corrected chi connectivity index (χ2v) is 8.44. The molecule has 1 aliphatic carbocycles. The van der Waals surface area contributed by atoms with Gasteiger partial charge in [-0.15, -0.1) is 0 Å². The lowest BCUT2D eigenvalue weighted by Crippen LogP contribution is -2.43. The van der Waals surface area contributed by atoms with Crippen molar-refractivity contribution >= 4 is 44.7 Å². The number of piperazine rings is 1. The highest BCUT2D eigenvalue weighted by atomic mass is 16.1. The minimum absolute atomic E-state index is 0.0747. The number of imidazole rings is 1. The number of ketones is 1. The van der Waals surface area contributed by atoms with Gasteiger partial charge in [0.25, 0.3) is 0 Å². The number of rotatable bonds is 3. The van der Waals surface area contributed by atoms with E-state index in [2.05, 4.69) is 43.4 Å². The normalized spacial score (nSPS) is 17.2. The molecule has 1 aliphatic heterocycles. The summed E-state index contributed by atoms with van der Waals surface area (Å²) >= 11 is 0. The molecule has 160 valence electrons. The Kier molecular flexibility index (Phi) is 4.43. The van der Waals surface area contributed by atoms with Crippen LogP contribution in [0.3, 0.4) is 0 Å². The fraction of sp³-hybridized carbons (Fsp3) is 0.240. The largest absolute Gasteiger partial charge is 0.369 e. The number of aromatic amines is 2. The van der Waals surface area contributed by atoms with Gasteiger partial charge in [-0.1, -0.05) is 6.08 Å². The number of nitrogens with zero attached hydrogens (tertiary/aromatic N) is 3. The molecule has 4 heterocycles. The summed E-state index contributed by atoms with van der Waals surface area (Å²) in [5, 5.41) is 4.45. The van der Waals surface area contributed by atoms with Gasteiger partial charge in [-0.25, -0.2) is 9.97 Å². The maximum Gasteiger partial charge on any atom is 0.170 e. The van der Waals surface area contributed by atoms with Crippen LogP contribution in [0.5, 0.6) is 0 Å². The molecule has 0 atom stereocenters. The van der Waals surface area contributed by atoms with Crippen LogP contribution in [0.1, 0.15) is 23.5 Å². The van der Waals surface area contributed by atoms with Gasteiger partial charge in [0.05, 0.1) is 16.6 Å². The topological polar surface area (TPSA) is 89.7 Å². The number of allylic oxidation sites excluding steroid dienone is 4. The van der Waals surface area contributed by atoms with Crippen molar-refractivity contribution in [2.24, 2.45) is 0 Å². The van der Waals surface area contributed by atoms with E-state index >= 15 is 0 Å². The monoisotopic (exact) mass is 424 g/mol. The number of carbonyl (C=O) groups is 1. The van der Waals surface area contributed by atoms with Crippen molar-refractivity contribution in [1.29, 1.82) is 0 Å². The number of anilines is 1.